The van der Waals surface area contributed by atoms with Gasteiger partial charge in [0, 0.05) is 24.5 Å². The second-order valence-corrected chi connectivity index (χ2v) is 5.81. The molecule has 0 fully saturated rings. The van der Waals surface area contributed by atoms with Crippen LogP contribution in [-0.4, -0.2) is 18.0 Å². The smallest absolute Gasteiger partial charge is 0.275 e. The van der Waals surface area contributed by atoms with Crippen molar-refractivity contribution in [2.45, 2.75) is 6.04 Å². The van der Waals surface area contributed by atoms with Crippen LogP contribution in [0.2, 0.25) is 5.02 Å². The lowest BCUT2D eigenvalue weighted by atomic mass is 10.1. The normalized spacial score (nSPS) is 13.4. The van der Waals surface area contributed by atoms with E-state index in [-0.39, 0.29) is 0 Å². The van der Waals surface area contributed by atoms with Gasteiger partial charge in [0.2, 0.25) is 0 Å². The topological polar surface area (TPSA) is 90.0 Å². The number of hydrogen-bond acceptors (Lipinski definition) is 3. The minimum atomic E-state index is -3.86. The number of imidazole rings is 1. The highest BCUT2D eigenvalue weighted by molar-refractivity contribution is 7.87. The summed E-state index contributed by atoms with van der Waals surface area (Å²) in [7, 11) is -2.09. The van der Waals surface area contributed by atoms with Crippen LogP contribution in [0.4, 0.5) is 0 Å². The van der Waals surface area contributed by atoms with Gasteiger partial charge in [-0.25, -0.2) is 10.1 Å². The summed E-state index contributed by atoms with van der Waals surface area (Å²) in [5.74, 6) is 0.538. The van der Waals surface area contributed by atoms with E-state index in [9.17, 15) is 8.42 Å². The number of nitrogens with two attached hydrogens (primary N) is 1. The van der Waals surface area contributed by atoms with Gasteiger partial charge < -0.3 is 4.57 Å². The quantitative estimate of drug-likeness (QED) is 0.881. The highest BCUT2D eigenvalue weighted by atomic mass is 35.5. The summed E-state index contributed by atoms with van der Waals surface area (Å²) < 4.78 is 26.7. The first-order valence-corrected chi connectivity index (χ1v) is 7.32. The average molecular weight is 301 g/mol. The van der Waals surface area contributed by atoms with Gasteiger partial charge in [0.25, 0.3) is 10.2 Å². The van der Waals surface area contributed by atoms with Crippen LogP contribution in [0.1, 0.15) is 17.4 Å². The molecule has 1 heterocycles. The number of benzene rings is 1. The lowest BCUT2D eigenvalue weighted by Gasteiger charge is -2.17. The van der Waals surface area contributed by atoms with Gasteiger partial charge in [-0.2, -0.15) is 13.1 Å². The maximum atomic E-state index is 11.3. The van der Waals surface area contributed by atoms with Crippen LogP contribution in [0.5, 0.6) is 0 Å². The van der Waals surface area contributed by atoms with Gasteiger partial charge >= 0.3 is 0 Å². The SMILES string of the molecule is Cn1ccnc1C(NS(N)(=O)=O)c1ccc(Cl)cc1. The second kappa shape index (κ2) is 5.30. The van der Waals surface area contributed by atoms with E-state index in [0.29, 0.717) is 16.4 Å². The van der Waals surface area contributed by atoms with E-state index >= 15 is 0 Å². The number of rotatable bonds is 4. The van der Waals surface area contributed by atoms with E-state index in [4.69, 9.17) is 16.7 Å². The predicted molar refractivity (Wildman–Crippen MR) is 72.7 cm³/mol. The maximum absolute atomic E-state index is 11.3. The molecule has 19 heavy (non-hydrogen) atoms. The standard InChI is InChI=1S/C11H13ClN4O2S/c1-16-7-6-14-11(16)10(15-19(13,17)18)8-2-4-9(12)5-3-8/h2-7,10,15H,1H3,(H2,13,17,18). The van der Waals surface area contributed by atoms with Crippen LogP contribution in [-0.2, 0) is 17.3 Å². The lowest BCUT2D eigenvalue weighted by Crippen LogP contribution is -2.36. The van der Waals surface area contributed by atoms with Gasteiger partial charge in [0.1, 0.15) is 11.9 Å². The van der Waals surface area contributed by atoms with Crippen molar-refractivity contribution in [3.63, 3.8) is 0 Å². The molecule has 0 aliphatic heterocycles. The van der Waals surface area contributed by atoms with Crippen molar-refractivity contribution >= 4 is 21.8 Å². The Morgan fingerprint density at radius 3 is 2.47 bits per heavy atom. The van der Waals surface area contributed by atoms with Crippen LogP contribution in [0.25, 0.3) is 0 Å². The van der Waals surface area contributed by atoms with Crippen molar-refractivity contribution in [2.75, 3.05) is 0 Å². The molecule has 1 unspecified atom stereocenters. The number of hydrogen-bond donors (Lipinski definition) is 2. The number of nitrogens with one attached hydrogen (secondary N) is 1. The second-order valence-electron chi connectivity index (χ2n) is 4.04. The molecule has 0 bridgehead atoms. The molecule has 0 radical (unpaired) electrons. The molecule has 0 spiro atoms. The average Bonchev–Trinajstić information content (AvgIpc) is 2.72. The summed E-state index contributed by atoms with van der Waals surface area (Å²) in [6.45, 7) is 0. The van der Waals surface area contributed by atoms with Crippen molar-refractivity contribution in [1.82, 2.24) is 14.3 Å². The molecule has 102 valence electrons. The van der Waals surface area contributed by atoms with Gasteiger partial charge in [0.05, 0.1) is 0 Å². The molecular formula is C11H13ClN4O2S. The van der Waals surface area contributed by atoms with Crippen LogP contribution in [0.15, 0.2) is 36.7 Å². The van der Waals surface area contributed by atoms with Gasteiger partial charge in [-0.15, -0.1) is 0 Å². The summed E-state index contributed by atoms with van der Waals surface area (Å²) in [5.41, 5.74) is 0.702. The third-order valence-electron chi connectivity index (χ3n) is 2.60. The molecule has 1 atom stereocenters. The Kier molecular flexibility index (Phi) is 3.91. The number of aryl methyl sites for hydroxylation is 1. The van der Waals surface area contributed by atoms with Crippen LogP contribution >= 0.6 is 11.6 Å². The Balaban J connectivity index is 2.46. The molecule has 0 saturated heterocycles. The monoisotopic (exact) mass is 300 g/mol. The van der Waals surface area contributed by atoms with Gasteiger partial charge in [-0.3, -0.25) is 0 Å². The van der Waals surface area contributed by atoms with E-state index in [1.807, 2.05) is 0 Å². The molecule has 0 aliphatic carbocycles. The molecule has 0 saturated carbocycles. The molecule has 1 aromatic carbocycles. The minimum absolute atomic E-state index is 0.538. The molecule has 2 aromatic rings. The molecule has 1 aromatic heterocycles. The zero-order chi connectivity index (χ0) is 14.0. The molecule has 3 N–H and O–H groups in total. The Morgan fingerprint density at radius 2 is 2.00 bits per heavy atom. The van der Waals surface area contributed by atoms with E-state index in [1.54, 1.807) is 48.3 Å². The minimum Gasteiger partial charge on any atom is -0.336 e. The third-order valence-corrected chi connectivity index (χ3v) is 3.42. The Labute approximate surface area is 116 Å². The van der Waals surface area contributed by atoms with Crippen LogP contribution in [0, 0.1) is 0 Å². The van der Waals surface area contributed by atoms with Crippen LogP contribution < -0.4 is 9.86 Å². The highest BCUT2D eigenvalue weighted by Crippen LogP contribution is 2.22. The van der Waals surface area contributed by atoms with Crippen molar-refractivity contribution in [2.24, 2.45) is 12.2 Å². The number of halogens is 1. The highest BCUT2D eigenvalue weighted by Gasteiger charge is 2.22. The van der Waals surface area contributed by atoms with E-state index in [0.717, 1.165) is 0 Å². The van der Waals surface area contributed by atoms with E-state index in [2.05, 4.69) is 9.71 Å². The zero-order valence-corrected chi connectivity index (χ0v) is 11.7. The third kappa shape index (κ3) is 3.54. The van der Waals surface area contributed by atoms with Crippen LogP contribution in [0.3, 0.4) is 0 Å². The Morgan fingerprint density at radius 1 is 1.37 bits per heavy atom. The fourth-order valence-corrected chi connectivity index (χ4v) is 2.44. The van der Waals surface area contributed by atoms with E-state index in [1.165, 1.54) is 0 Å². The first kappa shape index (κ1) is 14.0. The Bertz CT molecular complexity index is 666. The fraction of sp³-hybridized carbons (Fsp3) is 0.182. The number of aromatic nitrogens is 2. The first-order chi connectivity index (χ1) is 8.87. The molecule has 6 nitrogen and oxygen atoms in total. The maximum Gasteiger partial charge on any atom is 0.275 e. The van der Waals surface area contributed by atoms with Crippen molar-refractivity contribution in [3.8, 4) is 0 Å². The molecule has 0 amide bonds. The van der Waals surface area contributed by atoms with Gasteiger partial charge in [-0.1, -0.05) is 23.7 Å². The fourth-order valence-electron chi connectivity index (χ4n) is 1.74. The molecule has 8 heteroatoms. The lowest BCUT2D eigenvalue weighted by molar-refractivity contribution is 0.564. The first-order valence-electron chi connectivity index (χ1n) is 5.39. The zero-order valence-electron chi connectivity index (χ0n) is 10.1. The van der Waals surface area contributed by atoms with Crippen molar-refractivity contribution in [1.29, 1.82) is 0 Å². The van der Waals surface area contributed by atoms with Crippen molar-refractivity contribution in [3.05, 3.63) is 53.1 Å². The predicted octanol–water partition coefficient (Wildman–Crippen LogP) is 0.956. The number of nitrogens with zero attached hydrogens (tertiary/aromatic N) is 2. The summed E-state index contributed by atoms with van der Waals surface area (Å²) in [6, 6.07) is 6.14. The summed E-state index contributed by atoms with van der Waals surface area (Å²) in [4.78, 5) is 4.15. The van der Waals surface area contributed by atoms with Gasteiger partial charge in [-0.05, 0) is 17.7 Å². The summed E-state index contributed by atoms with van der Waals surface area (Å²) >= 11 is 5.82. The molecule has 2 rings (SSSR count). The molecular weight excluding hydrogens is 288 g/mol. The van der Waals surface area contributed by atoms with Crippen molar-refractivity contribution < 1.29 is 8.42 Å². The van der Waals surface area contributed by atoms with E-state index < -0.39 is 16.3 Å². The summed E-state index contributed by atoms with van der Waals surface area (Å²) in [5, 5.41) is 5.63. The largest absolute Gasteiger partial charge is 0.336 e. The Hall–Kier alpha value is -1.41. The molecule has 0 aliphatic rings. The summed E-state index contributed by atoms with van der Waals surface area (Å²) in [6.07, 6.45) is 3.31. The van der Waals surface area contributed by atoms with Gasteiger partial charge in [0.15, 0.2) is 0 Å².